The van der Waals surface area contributed by atoms with Crippen molar-refractivity contribution in [2.45, 2.75) is 51.5 Å². The molecule has 1 heterocycles. The van der Waals surface area contributed by atoms with Crippen molar-refractivity contribution in [2.24, 2.45) is 4.99 Å². The largest absolute Gasteiger partial charge is 0.357 e. The van der Waals surface area contributed by atoms with Gasteiger partial charge in [-0.15, -0.1) is 24.0 Å². The normalized spacial score (nSPS) is 22.2. The van der Waals surface area contributed by atoms with Gasteiger partial charge in [0.15, 0.2) is 5.96 Å². The third-order valence-corrected chi connectivity index (χ3v) is 5.58. The topological polar surface area (TPSA) is 39.7 Å². The van der Waals surface area contributed by atoms with Crippen LogP contribution in [0.1, 0.15) is 46.0 Å². The number of aliphatic imine (C=N–C) groups is 1. The van der Waals surface area contributed by atoms with Gasteiger partial charge in [-0.25, -0.2) is 0 Å². The van der Waals surface area contributed by atoms with E-state index in [0.29, 0.717) is 5.54 Å². The summed E-state index contributed by atoms with van der Waals surface area (Å²) in [5.74, 6) is 3.58. The van der Waals surface area contributed by atoms with E-state index in [9.17, 15) is 0 Å². The number of nitrogens with one attached hydrogen (secondary N) is 2. The molecule has 0 amide bonds. The average molecular weight is 440 g/mol. The van der Waals surface area contributed by atoms with Gasteiger partial charge in [-0.3, -0.25) is 9.89 Å². The molecule has 0 aromatic heterocycles. The highest BCUT2D eigenvalue weighted by Gasteiger charge is 2.39. The Kier molecular flexibility index (Phi) is 10.1. The SMILES string of the molecule is CCCNC(=NCC1(N2CCSCC2)CCCC1)NCC.I. The van der Waals surface area contributed by atoms with E-state index in [1.807, 2.05) is 0 Å². The van der Waals surface area contributed by atoms with E-state index in [2.05, 4.69) is 41.1 Å². The van der Waals surface area contributed by atoms with Crippen LogP contribution in [-0.2, 0) is 0 Å². The first kappa shape index (κ1) is 20.4. The smallest absolute Gasteiger partial charge is 0.191 e. The van der Waals surface area contributed by atoms with Gasteiger partial charge in [-0.1, -0.05) is 19.8 Å². The number of rotatable bonds is 6. The van der Waals surface area contributed by atoms with E-state index < -0.39 is 0 Å². The summed E-state index contributed by atoms with van der Waals surface area (Å²) < 4.78 is 0. The lowest BCUT2D eigenvalue weighted by Gasteiger charge is -2.42. The van der Waals surface area contributed by atoms with Gasteiger partial charge in [-0.05, 0) is 26.2 Å². The molecule has 130 valence electrons. The standard InChI is InChI=1S/C16H32N4S.HI/c1-3-9-18-15(17-4-2)19-14-16(7-5-6-8-16)20-10-12-21-13-11-20;/h3-14H2,1-2H3,(H2,17,18,19);1H. The van der Waals surface area contributed by atoms with Gasteiger partial charge in [0.1, 0.15) is 0 Å². The van der Waals surface area contributed by atoms with Crippen LogP contribution in [-0.4, -0.2) is 60.6 Å². The van der Waals surface area contributed by atoms with Crippen LogP contribution >= 0.6 is 35.7 Å². The van der Waals surface area contributed by atoms with Gasteiger partial charge >= 0.3 is 0 Å². The quantitative estimate of drug-likeness (QED) is 0.379. The van der Waals surface area contributed by atoms with Crippen LogP contribution in [0.2, 0.25) is 0 Å². The summed E-state index contributed by atoms with van der Waals surface area (Å²) in [6.45, 7) is 9.72. The monoisotopic (exact) mass is 440 g/mol. The molecule has 6 heteroatoms. The van der Waals surface area contributed by atoms with Crippen molar-refractivity contribution in [2.75, 3.05) is 44.2 Å². The predicted molar refractivity (Wildman–Crippen MR) is 110 cm³/mol. The van der Waals surface area contributed by atoms with Crippen molar-refractivity contribution in [3.05, 3.63) is 0 Å². The first-order valence-corrected chi connectivity index (χ1v) is 9.81. The number of halogens is 1. The van der Waals surface area contributed by atoms with Crippen LogP contribution in [0.15, 0.2) is 4.99 Å². The molecule has 0 spiro atoms. The van der Waals surface area contributed by atoms with Crippen molar-refractivity contribution >= 4 is 41.7 Å². The van der Waals surface area contributed by atoms with E-state index >= 15 is 0 Å². The minimum absolute atomic E-state index is 0. The van der Waals surface area contributed by atoms with Crippen LogP contribution < -0.4 is 10.6 Å². The lowest BCUT2D eigenvalue weighted by molar-refractivity contribution is 0.112. The van der Waals surface area contributed by atoms with Gasteiger partial charge < -0.3 is 10.6 Å². The van der Waals surface area contributed by atoms with E-state index in [1.165, 1.54) is 50.3 Å². The molecule has 0 atom stereocenters. The van der Waals surface area contributed by atoms with Crippen LogP contribution in [0.4, 0.5) is 0 Å². The van der Waals surface area contributed by atoms with Crippen molar-refractivity contribution in [1.29, 1.82) is 0 Å². The van der Waals surface area contributed by atoms with Crippen molar-refractivity contribution in [3.63, 3.8) is 0 Å². The van der Waals surface area contributed by atoms with Gasteiger partial charge in [0, 0.05) is 43.2 Å². The minimum Gasteiger partial charge on any atom is -0.357 e. The third kappa shape index (κ3) is 5.74. The van der Waals surface area contributed by atoms with E-state index in [0.717, 1.165) is 32.0 Å². The predicted octanol–water partition coefficient (Wildman–Crippen LogP) is 2.93. The Balaban J connectivity index is 0.00000242. The van der Waals surface area contributed by atoms with Crippen molar-refractivity contribution < 1.29 is 0 Å². The molecule has 1 aliphatic carbocycles. The second kappa shape index (κ2) is 11.0. The van der Waals surface area contributed by atoms with Crippen LogP contribution in [0, 0.1) is 0 Å². The fourth-order valence-corrected chi connectivity index (χ4v) is 4.36. The van der Waals surface area contributed by atoms with Gasteiger partial charge in [0.25, 0.3) is 0 Å². The molecule has 2 fully saturated rings. The molecule has 0 aromatic carbocycles. The number of hydrogen-bond donors (Lipinski definition) is 2. The van der Waals surface area contributed by atoms with E-state index in [1.54, 1.807) is 0 Å². The first-order chi connectivity index (χ1) is 10.3. The highest BCUT2D eigenvalue weighted by molar-refractivity contribution is 14.0. The molecule has 2 aliphatic rings. The number of hydrogen-bond acceptors (Lipinski definition) is 3. The summed E-state index contributed by atoms with van der Waals surface area (Å²) >= 11 is 2.10. The molecule has 1 saturated heterocycles. The average Bonchev–Trinajstić information content (AvgIpc) is 3.01. The van der Waals surface area contributed by atoms with Crippen molar-refractivity contribution in [1.82, 2.24) is 15.5 Å². The Hall–Kier alpha value is 0.310. The summed E-state index contributed by atoms with van der Waals surface area (Å²) in [5.41, 5.74) is 0.343. The molecule has 2 rings (SSSR count). The Bertz CT molecular complexity index is 326. The molecule has 0 unspecified atom stereocenters. The third-order valence-electron chi connectivity index (χ3n) is 4.63. The molecule has 0 bridgehead atoms. The first-order valence-electron chi connectivity index (χ1n) is 8.66. The fourth-order valence-electron chi connectivity index (χ4n) is 3.46. The lowest BCUT2D eigenvalue weighted by atomic mass is 9.95. The van der Waals surface area contributed by atoms with Crippen LogP contribution in [0.3, 0.4) is 0 Å². The molecular formula is C16H33IN4S. The number of thioether (sulfide) groups is 1. The summed E-state index contributed by atoms with van der Waals surface area (Å²) in [5, 5.41) is 6.81. The zero-order chi connectivity index (χ0) is 15.0. The van der Waals surface area contributed by atoms with Gasteiger partial charge in [0.05, 0.1) is 6.54 Å². The zero-order valence-corrected chi connectivity index (χ0v) is 17.3. The maximum Gasteiger partial charge on any atom is 0.191 e. The Morgan fingerprint density at radius 3 is 2.41 bits per heavy atom. The van der Waals surface area contributed by atoms with E-state index in [-0.39, 0.29) is 24.0 Å². The fraction of sp³-hybridized carbons (Fsp3) is 0.938. The highest BCUT2D eigenvalue weighted by Crippen LogP contribution is 2.37. The minimum atomic E-state index is 0. The molecule has 4 nitrogen and oxygen atoms in total. The lowest BCUT2D eigenvalue weighted by Crippen LogP contribution is -2.53. The number of guanidine groups is 1. The summed E-state index contributed by atoms with van der Waals surface area (Å²) in [6.07, 6.45) is 6.54. The van der Waals surface area contributed by atoms with E-state index in [4.69, 9.17) is 4.99 Å². The maximum atomic E-state index is 4.93. The molecule has 2 N–H and O–H groups in total. The van der Waals surface area contributed by atoms with Crippen LogP contribution in [0.5, 0.6) is 0 Å². The van der Waals surface area contributed by atoms with Crippen LogP contribution in [0.25, 0.3) is 0 Å². The highest BCUT2D eigenvalue weighted by atomic mass is 127. The maximum absolute atomic E-state index is 4.93. The Labute approximate surface area is 157 Å². The molecule has 0 radical (unpaired) electrons. The summed E-state index contributed by atoms with van der Waals surface area (Å²) in [4.78, 5) is 7.67. The Morgan fingerprint density at radius 2 is 1.82 bits per heavy atom. The van der Waals surface area contributed by atoms with Gasteiger partial charge in [-0.2, -0.15) is 11.8 Å². The second-order valence-corrected chi connectivity index (χ2v) is 7.38. The molecule has 22 heavy (non-hydrogen) atoms. The molecule has 1 saturated carbocycles. The second-order valence-electron chi connectivity index (χ2n) is 6.15. The summed E-state index contributed by atoms with van der Waals surface area (Å²) in [6, 6.07) is 0. The molecular weight excluding hydrogens is 407 g/mol. The summed E-state index contributed by atoms with van der Waals surface area (Å²) in [7, 11) is 0. The van der Waals surface area contributed by atoms with Crippen molar-refractivity contribution in [3.8, 4) is 0 Å². The molecule has 0 aromatic rings. The van der Waals surface area contributed by atoms with Gasteiger partial charge in [0.2, 0.25) is 0 Å². The Morgan fingerprint density at radius 1 is 1.14 bits per heavy atom. The molecule has 1 aliphatic heterocycles. The number of nitrogens with zero attached hydrogens (tertiary/aromatic N) is 2. The zero-order valence-electron chi connectivity index (χ0n) is 14.2.